The van der Waals surface area contributed by atoms with E-state index in [1.54, 1.807) is 13.8 Å². The SMILES string of the molecule is Cc1cc([N+](=O)[O-])cc(S(=O)(=O)N2CCC(N)C(C)(C)C2)c1C. The molecule has 0 aromatic heterocycles. The number of non-ortho nitro benzene ring substituents is 1. The molecule has 8 heteroatoms. The lowest BCUT2D eigenvalue weighted by Crippen LogP contribution is -2.53. The Morgan fingerprint density at radius 3 is 2.48 bits per heavy atom. The van der Waals surface area contributed by atoms with Gasteiger partial charge in [0.25, 0.3) is 5.69 Å². The maximum Gasteiger partial charge on any atom is 0.271 e. The quantitative estimate of drug-likeness (QED) is 0.668. The van der Waals surface area contributed by atoms with Gasteiger partial charge in [0.15, 0.2) is 0 Å². The highest BCUT2D eigenvalue weighted by Gasteiger charge is 2.39. The molecule has 0 aliphatic carbocycles. The van der Waals surface area contributed by atoms with E-state index in [-0.39, 0.29) is 22.0 Å². The normalized spacial score (nSPS) is 22.0. The lowest BCUT2D eigenvalue weighted by molar-refractivity contribution is -0.385. The van der Waals surface area contributed by atoms with E-state index in [1.165, 1.54) is 10.4 Å². The second-order valence-electron chi connectivity index (χ2n) is 6.87. The minimum Gasteiger partial charge on any atom is -0.327 e. The van der Waals surface area contributed by atoms with Gasteiger partial charge in [-0.25, -0.2) is 8.42 Å². The molecule has 7 nitrogen and oxygen atoms in total. The minimum absolute atomic E-state index is 0.00970. The zero-order valence-corrected chi connectivity index (χ0v) is 14.7. The first kappa shape index (κ1) is 17.8. The van der Waals surface area contributed by atoms with Gasteiger partial charge in [0, 0.05) is 31.3 Å². The van der Waals surface area contributed by atoms with E-state index < -0.39 is 14.9 Å². The number of nitrogens with zero attached hydrogens (tertiary/aromatic N) is 2. The van der Waals surface area contributed by atoms with Crippen molar-refractivity contribution < 1.29 is 13.3 Å². The Kier molecular flexibility index (Phi) is 4.53. The van der Waals surface area contributed by atoms with Gasteiger partial charge in [0.2, 0.25) is 10.0 Å². The molecule has 2 N–H and O–H groups in total. The third-order valence-electron chi connectivity index (χ3n) is 4.71. The van der Waals surface area contributed by atoms with Crippen LogP contribution in [0.1, 0.15) is 31.4 Å². The standard InChI is InChI=1S/C15H23N3O4S/c1-10-7-12(18(19)20)8-13(11(10)2)23(21,22)17-6-5-14(16)15(3,4)9-17/h7-8,14H,5-6,9,16H2,1-4H3. The molecule has 1 unspecified atom stereocenters. The summed E-state index contributed by atoms with van der Waals surface area (Å²) in [5, 5.41) is 11.0. The number of aryl methyl sites for hydroxylation is 1. The van der Waals surface area contributed by atoms with Crippen molar-refractivity contribution >= 4 is 15.7 Å². The van der Waals surface area contributed by atoms with Crippen molar-refractivity contribution in [1.29, 1.82) is 0 Å². The summed E-state index contributed by atoms with van der Waals surface area (Å²) in [5.74, 6) is 0. The highest BCUT2D eigenvalue weighted by molar-refractivity contribution is 7.89. The molecule has 1 heterocycles. The maximum atomic E-state index is 13.0. The van der Waals surface area contributed by atoms with Crippen LogP contribution in [0.15, 0.2) is 17.0 Å². The zero-order valence-electron chi connectivity index (χ0n) is 13.9. The van der Waals surface area contributed by atoms with Gasteiger partial charge in [-0.05, 0) is 36.8 Å². The van der Waals surface area contributed by atoms with E-state index >= 15 is 0 Å². The average Bonchev–Trinajstić information content (AvgIpc) is 2.43. The van der Waals surface area contributed by atoms with Gasteiger partial charge in [0.05, 0.1) is 9.82 Å². The number of nitrogens with two attached hydrogens (primary N) is 1. The van der Waals surface area contributed by atoms with Gasteiger partial charge in [-0.3, -0.25) is 10.1 Å². The first-order chi connectivity index (χ1) is 10.5. The summed E-state index contributed by atoms with van der Waals surface area (Å²) >= 11 is 0. The van der Waals surface area contributed by atoms with Crippen molar-refractivity contribution in [3.05, 3.63) is 33.4 Å². The molecule has 1 aliphatic rings. The second kappa shape index (κ2) is 5.85. The summed E-state index contributed by atoms with van der Waals surface area (Å²) in [4.78, 5) is 10.5. The summed E-state index contributed by atoms with van der Waals surface area (Å²) in [5.41, 5.74) is 6.65. The summed E-state index contributed by atoms with van der Waals surface area (Å²) < 4.78 is 27.4. The third-order valence-corrected chi connectivity index (χ3v) is 6.68. The van der Waals surface area contributed by atoms with Gasteiger partial charge in [-0.2, -0.15) is 4.31 Å². The van der Waals surface area contributed by atoms with Crippen LogP contribution in [0.4, 0.5) is 5.69 Å². The average molecular weight is 341 g/mol. The van der Waals surface area contributed by atoms with Gasteiger partial charge < -0.3 is 5.73 Å². The van der Waals surface area contributed by atoms with E-state index in [0.29, 0.717) is 30.6 Å². The lowest BCUT2D eigenvalue weighted by atomic mass is 9.81. The van der Waals surface area contributed by atoms with Crippen molar-refractivity contribution in [3.8, 4) is 0 Å². The zero-order chi connectivity index (χ0) is 17.6. The van der Waals surface area contributed by atoms with E-state index in [9.17, 15) is 18.5 Å². The molecular formula is C15H23N3O4S. The van der Waals surface area contributed by atoms with Crippen LogP contribution in [0, 0.1) is 29.4 Å². The van der Waals surface area contributed by atoms with Crippen molar-refractivity contribution in [2.24, 2.45) is 11.1 Å². The fourth-order valence-corrected chi connectivity index (χ4v) is 4.80. The highest BCUT2D eigenvalue weighted by Crippen LogP contribution is 2.33. The number of rotatable bonds is 3. The molecule has 1 aromatic rings. The molecule has 23 heavy (non-hydrogen) atoms. The second-order valence-corrected chi connectivity index (χ2v) is 8.77. The lowest BCUT2D eigenvalue weighted by Gasteiger charge is -2.41. The van der Waals surface area contributed by atoms with Crippen molar-refractivity contribution in [2.45, 2.75) is 45.1 Å². The first-order valence-electron chi connectivity index (χ1n) is 7.48. The van der Waals surface area contributed by atoms with Crippen LogP contribution in [0.5, 0.6) is 0 Å². The van der Waals surface area contributed by atoms with E-state index in [1.807, 2.05) is 13.8 Å². The molecular weight excluding hydrogens is 318 g/mol. The van der Waals surface area contributed by atoms with Gasteiger partial charge in [-0.15, -0.1) is 0 Å². The highest BCUT2D eigenvalue weighted by atomic mass is 32.2. The van der Waals surface area contributed by atoms with Crippen molar-refractivity contribution in [1.82, 2.24) is 4.31 Å². The molecule has 1 atom stereocenters. The molecule has 128 valence electrons. The van der Waals surface area contributed by atoms with E-state index in [0.717, 1.165) is 6.07 Å². The van der Waals surface area contributed by atoms with Gasteiger partial charge >= 0.3 is 0 Å². The molecule has 0 saturated carbocycles. The summed E-state index contributed by atoms with van der Waals surface area (Å²) in [6, 6.07) is 2.48. The van der Waals surface area contributed by atoms with Crippen LogP contribution in [-0.2, 0) is 10.0 Å². The predicted molar refractivity (Wildman–Crippen MR) is 87.7 cm³/mol. The monoisotopic (exact) mass is 341 g/mol. The Morgan fingerprint density at radius 2 is 1.96 bits per heavy atom. The van der Waals surface area contributed by atoms with Crippen LogP contribution >= 0.6 is 0 Å². The predicted octanol–water partition coefficient (Wildman–Crippen LogP) is 1.96. The number of hydrogen-bond acceptors (Lipinski definition) is 5. The molecule has 1 saturated heterocycles. The smallest absolute Gasteiger partial charge is 0.271 e. The molecule has 1 fully saturated rings. The minimum atomic E-state index is -3.79. The Hall–Kier alpha value is -1.51. The topological polar surface area (TPSA) is 107 Å². The van der Waals surface area contributed by atoms with Crippen LogP contribution in [-0.4, -0.2) is 36.8 Å². The molecule has 0 radical (unpaired) electrons. The Morgan fingerprint density at radius 1 is 1.35 bits per heavy atom. The van der Waals surface area contributed by atoms with Crippen molar-refractivity contribution in [3.63, 3.8) is 0 Å². The van der Waals surface area contributed by atoms with Crippen LogP contribution < -0.4 is 5.73 Å². The Labute approximate surface area is 136 Å². The maximum absolute atomic E-state index is 13.0. The van der Waals surface area contributed by atoms with E-state index in [4.69, 9.17) is 5.73 Å². The molecule has 1 aliphatic heterocycles. The Balaban J connectivity index is 2.50. The van der Waals surface area contributed by atoms with Crippen molar-refractivity contribution in [2.75, 3.05) is 13.1 Å². The number of benzene rings is 1. The van der Waals surface area contributed by atoms with Gasteiger partial charge in [0.1, 0.15) is 0 Å². The fraction of sp³-hybridized carbons (Fsp3) is 0.600. The third kappa shape index (κ3) is 3.24. The van der Waals surface area contributed by atoms with Crippen LogP contribution in [0.3, 0.4) is 0 Å². The van der Waals surface area contributed by atoms with E-state index in [2.05, 4.69) is 0 Å². The first-order valence-corrected chi connectivity index (χ1v) is 8.92. The number of sulfonamides is 1. The number of hydrogen-bond donors (Lipinski definition) is 1. The summed E-state index contributed by atoms with van der Waals surface area (Å²) in [7, 11) is -3.79. The van der Waals surface area contributed by atoms with Crippen LogP contribution in [0.25, 0.3) is 0 Å². The number of piperidine rings is 1. The number of nitro benzene ring substituents is 1. The van der Waals surface area contributed by atoms with Gasteiger partial charge in [-0.1, -0.05) is 13.8 Å². The molecule has 0 bridgehead atoms. The molecule has 2 rings (SSSR count). The summed E-state index contributed by atoms with van der Waals surface area (Å²) in [6.45, 7) is 7.85. The molecule has 0 amide bonds. The fourth-order valence-electron chi connectivity index (χ4n) is 2.85. The Bertz CT molecular complexity index is 743. The molecule has 1 aromatic carbocycles. The molecule has 0 spiro atoms. The summed E-state index contributed by atoms with van der Waals surface area (Å²) in [6.07, 6.45) is 0.569. The number of nitro groups is 1. The van der Waals surface area contributed by atoms with Crippen LogP contribution in [0.2, 0.25) is 0 Å². The largest absolute Gasteiger partial charge is 0.327 e.